The maximum atomic E-state index is 12.6. The number of carbonyl (C=O) groups excluding carboxylic acids is 1. The molecule has 1 heterocycles. The van der Waals surface area contributed by atoms with Crippen molar-refractivity contribution in [2.45, 2.75) is 6.42 Å². The molecule has 0 N–H and O–H groups in total. The van der Waals surface area contributed by atoms with Crippen LogP contribution in [0.15, 0.2) is 66.7 Å². The lowest BCUT2D eigenvalue weighted by Gasteiger charge is -2.24. The van der Waals surface area contributed by atoms with Crippen molar-refractivity contribution in [2.24, 2.45) is 5.92 Å². The van der Waals surface area contributed by atoms with Gasteiger partial charge in [-0.3, -0.25) is 4.79 Å². The summed E-state index contributed by atoms with van der Waals surface area (Å²) in [5.74, 6) is 0.799. The summed E-state index contributed by atoms with van der Waals surface area (Å²) in [6.45, 7) is 0.461. The first-order valence-corrected chi connectivity index (χ1v) is 7.55. The fourth-order valence-corrected chi connectivity index (χ4v) is 3.08. The molecule has 0 aromatic heterocycles. The van der Waals surface area contributed by atoms with Crippen LogP contribution in [-0.4, -0.2) is 12.4 Å². The monoisotopic (exact) mass is 288 g/mol. The van der Waals surface area contributed by atoms with Crippen LogP contribution < -0.4 is 4.74 Å². The maximum absolute atomic E-state index is 12.6. The van der Waals surface area contributed by atoms with E-state index < -0.39 is 0 Å². The van der Waals surface area contributed by atoms with Crippen molar-refractivity contribution in [1.82, 2.24) is 0 Å². The highest BCUT2D eigenvalue weighted by atomic mass is 16.5. The molecule has 1 aliphatic rings. The molecule has 0 aliphatic carbocycles. The normalized spacial score (nSPS) is 17.1. The highest BCUT2D eigenvalue weighted by Gasteiger charge is 2.28. The number of Topliss-reactive ketones (excluding diaryl/α,β-unsaturated/α-hetero) is 1. The summed E-state index contributed by atoms with van der Waals surface area (Å²) < 4.78 is 5.75. The predicted molar refractivity (Wildman–Crippen MR) is 87.4 cm³/mol. The lowest BCUT2D eigenvalue weighted by atomic mass is 9.89. The summed E-state index contributed by atoms with van der Waals surface area (Å²) in [6.07, 6.45) is 0.720. The van der Waals surface area contributed by atoms with E-state index >= 15 is 0 Å². The minimum atomic E-state index is -0.101. The quantitative estimate of drug-likeness (QED) is 0.703. The molecule has 0 saturated heterocycles. The van der Waals surface area contributed by atoms with Gasteiger partial charge in [-0.2, -0.15) is 0 Å². The number of hydrogen-bond acceptors (Lipinski definition) is 2. The lowest BCUT2D eigenvalue weighted by molar-refractivity contribution is 0.0830. The summed E-state index contributed by atoms with van der Waals surface area (Å²) in [4.78, 5) is 12.6. The first-order valence-electron chi connectivity index (χ1n) is 7.55. The van der Waals surface area contributed by atoms with Crippen LogP contribution in [0.1, 0.15) is 15.9 Å². The third kappa shape index (κ3) is 2.27. The highest BCUT2D eigenvalue weighted by Crippen LogP contribution is 2.29. The Kier molecular flexibility index (Phi) is 3.15. The summed E-state index contributed by atoms with van der Waals surface area (Å²) >= 11 is 0. The smallest absolute Gasteiger partial charge is 0.173 e. The van der Waals surface area contributed by atoms with Crippen LogP contribution in [0.4, 0.5) is 0 Å². The van der Waals surface area contributed by atoms with Crippen LogP contribution in [0.3, 0.4) is 0 Å². The molecule has 1 unspecified atom stereocenters. The number of ketones is 1. The number of rotatable bonds is 2. The molecule has 0 fully saturated rings. The van der Waals surface area contributed by atoms with Crippen molar-refractivity contribution < 1.29 is 9.53 Å². The van der Waals surface area contributed by atoms with Gasteiger partial charge in [0, 0.05) is 0 Å². The largest absolute Gasteiger partial charge is 0.492 e. The van der Waals surface area contributed by atoms with Gasteiger partial charge in [-0.05, 0) is 34.9 Å². The van der Waals surface area contributed by atoms with Crippen molar-refractivity contribution in [3.05, 3.63) is 77.9 Å². The zero-order valence-electron chi connectivity index (χ0n) is 12.2. The first-order chi connectivity index (χ1) is 10.8. The molecule has 1 aliphatic heterocycles. The van der Waals surface area contributed by atoms with Crippen LogP contribution in [0, 0.1) is 5.92 Å². The second-order valence-electron chi connectivity index (χ2n) is 5.75. The molecule has 2 nitrogen and oxygen atoms in total. The molecule has 22 heavy (non-hydrogen) atoms. The Balaban J connectivity index is 1.62. The van der Waals surface area contributed by atoms with Gasteiger partial charge in [-0.1, -0.05) is 54.6 Å². The summed E-state index contributed by atoms with van der Waals surface area (Å²) in [6, 6.07) is 22.2. The van der Waals surface area contributed by atoms with Gasteiger partial charge in [0.15, 0.2) is 5.78 Å². The van der Waals surface area contributed by atoms with Gasteiger partial charge in [-0.15, -0.1) is 0 Å². The van der Waals surface area contributed by atoms with Crippen molar-refractivity contribution in [3.63, 3.8) is 0 Å². The van der Waals surface area contributed by atoms with E-state index in [0.29, 0.717) is 17.9 Å². The molecular weight excluding hydrogens is 272 g/mol. The first kappa shape index (κ1) is 13.1. The number of carbonyl (C=O) groups is 1. The molecule has 1 atom stereocenters. The fraction of sp³-hybridized carbons (Fsp3) is 0.150. The third-order valence-electron chi connectivity index (χ3n) is 4.26. The predicted octanol–water partition coefficient (Wildman–Crippen LogP) is 4.27. The molecule has 0 radical (unpaired) electrons. The molecule has 4 rings (SSSR count). The Morgan fingerprint density at radius 2 is 1.68 bits per heavy atom. The summed E-state index contributed by atoms with van der Waals surface area (Å²) in [5, 5.41) is 2.44. The van der Waals surface area contributed by atoms with Gasteiger partial charge in [0.1, 0.15) is 5.75 Å². The minimum Gasteiger partial charge on any atom is -0.492 e. The van der Waals surface area contributed by atoms with E-state index in [0.717, 1.165) is 6.42 Å². The highest BCUT2D eigenvalue weighted by molar-refractivity contribution is 6.01. The van der Waals surface area contributed by atoms with E-state index in [-0.39, 0.29) is 11.7 Å². The second kappa shape index (κ2) is 5.30. The van der Waals surface area contributed by atoms with Gasteiger partial charge in [0.2, 0.25) is 0 Å². The molecule has 108 valence electrons. The van der Waals surface area contributed by atoms with Crippen LogP contribution >= 0.6 is 0 Å². The van der Waals surface area contributed by atoms with Crippen molar-refractivity contribution in [2.75, 3.05) is 6.61 Å². The van der Waals surface area contributed by atoms with E-state index in [9.17, 15) is 4.79 Å². The van der Waals surface area contributed by atoms with Gasteiger partial charge >= 0.3 is 0 Å². The minimum absolute atomic E-state index is 0.101. The zero-order chi connectivity index (χ0) is 14.9. The SMILES string of the molecule is O=C1c2ccccc2OCC1Cc1ccc2ccccc2c1. The van der Waals surface area contributed by atoms with Crippen LogP contribution in [0.2, 0.25) is 0 Å². The molecule has 0 saturated carbocycles. The average Bonchev–Trinajstić information content (AvgIpc) is 2.57. The van der Waals surface area contributed by atoms with Gasteiger partial charge in [-0.25, -0.2) is 0 Å². The average molecular weight is 288 g/mol. The Labute approximate surface area is 129 Å². The standard InChI is InChI=1S/C20H16O2/c21-20-17(13-22-19-8-4-3-7-18(19)20)12-14-9-10-15-5-1-2-6-16(15)11-14/h1-11,17H,12-13H2. The topological polar surface area (TPSA) is 26.3 Å². The molecule has 0 spiro atoms. The number of hydrogen-bond donors (Lipinski definition) is 0. The van der Waals surface area contributed by atoms with E-state index in [1.165, 1.54) is 16.3 Å². The molecule has 3 aromatic rings. The number of benzene rings is 3. The Bertz CT molecular complexity index is 851. The van der Waals surface area contributed by atoms with Crippen LogP contribution in [0.25, 0.3) is 10.8 Å². The van der Waals surface area contributed by atoms with Crippen molar-refractivity contribution in [3.8, 4) is 5.75 Å². The molecule has 2 heteroatoms. The van der Waals surface area contributed by atoms with Crippen LogP contribution in [-0.2, 0) is 6.42 Å². The second-order valence-corrected chi connectivity index (χ2v) is 5.75. The fourth-order valence-electron chi connectivity index (χ4n) is 3.08. The van der Waals surface area contributed by atoms with Gasteiger partial charge in [0.05, 0.1) is 18.1 Å². The third-order valence-corrected chi connectivity index (χ3v) is 4.26. The maximum Gasteiger partial charge on any atom is 0.173 e. The summed E-state index contributed by atoms with van der Waals surface area (Å²) in [5.41, 5.74) is 1.89. The van der Waals surface area contributed by atoms with Crippen molar-refractivity contribution >= 4 is 16.6 Å². The lowest BCUT2D eigenvalue weighted by Crippen LogP contribution is -2.29. The Hall–Kier alpha value is -2.61. The Morgan fingerprint density at radius 1 is 0.909 bits per heavy atom. The van der Waals surface area contributed by atoms with E-state index in [1.54, 1.807) is 0 Å². The van der Waals surface area contributed by atoms with Gasteiger partial charge < -0.3 is 4.74 Å². The summed E-state index contributed by atoms with van der Waals surface area (Å²) in [7, 11) is 0. The van der Waals surface area contributed by atoms with Gasteiger partial charge in [0.25, 0.3) is 0 Å². The molecule has 0 bridgehead atoms. The molecule has 0 amide bonds. The number of ether oxygens (including phenoxy) is 1. The van der Waals surface area contributed by atoms with Crippen molar-refractivity contribution in [1.29, 1.82) is 0 Å². The van der Waals surface area contributed by atoms with E-state index in [1.807, 2.05) is 36.4 Å². The number of fused-ring (bicyclic) bond motifs is 2. The number of para-hydroxylation sites is 1. The molecule has 3 aromatic carbocycles. The van der Waals surface area contributed by atoms with Crippen LogP contribution in [0.5, 0.6) is 5.75 Å². The van der Waals surface area contributed by atoms with E-state index in [2.05, 4.69) is 30.3 Å². The van der Waals surface area contributed by atoms with E-state index in [4.69, 9.17) is 4.74 Å². The zero-order valence-corrected chi connectivity index (χ0v) is 12.2. The molecular formula is C20H16O2. The Morgan fingerprint density at radius 3 is 2.59 bits per heavy atom.